The first kappa shape index (κ1) is 20.1. The molecule has 0 unspecified atom stereocenters. The summed E-state index contributed by atoms with van der Waals surface area (Å²) >= 11 is 8.33. The molecule has 0 saturated carbocycles. The summed E-state index contributed by atoms with van der Waals surface area (Å²) in [6.07, 6.45) is 4.87. The fourth-order valence-electron chi connectivity index (χ4n) is 3.33. The van der Waals surface area contributed by atoms with Gasteiger partial charge in [0.15, 0.2) is 0 Å². The van der Waals surface area contributed by atoms with Crippen molar-refractivity contribution in [3.63, 3.8) is 0 Å². The van der Waals surface area contributed by atoms with Crippen LogP contribution in [0.3, 0.4) is 0 Å². The molecule has 3 aromatic rings. The number of amides is 1. The third-order valence-electron chi connectivity index (χ3n) is 4.67. The average molecular weight is 498 g/mol. The van der Waals surface area contributed by atoms with Crippen molar-refractivity contribution in [2.45, 2.75) is 44.4 Å². The van der Waals surface area contributed by atoms with Crippen LogP contribution in [0, 0.1) is 0 Å². The molecular weight excluding hydrogens is 478 g/mol. The van der Waals surface area contributed by atoms with E-state index in [1.807, 2.05) is 12.1 Å². The van der Waals surface area contributed by atoms with Gasteiger partial charge < -0.3 is 10.3 Å². The molecule has 3 heterocycles. The molecule has 28 heavy (non-hydrogen) atoms. The van der Waals surface area contributed by atoms with E-state index in [4.69, 9.17) is 0 Å². The number of nitrogens with zero attached hydrogens (tertiary/aromatic N) is 1. The van der Waals surface area contributed by atoms with Gasteiger partial charge in [-0.3, -0.25) is 9.59 Å². The van der Waals surface area contributed by atoms with E-state index in [0.29, 0.717) is 30.3 Å². The number of thiophene rings is 2. The Balaban J connectivity index is 1.28. The van der Waals surface area contributed by atoms with Crippen LogP contribution in [-0.2, 0) is 29.9 Å². The average Bonchev–Trinajstić information content (AvgIpc) is 3.26. The largest absolute Gasteiger partial charge is 0.351 e. The molecule has 0 bridgehead atoms. The van der Waals surface area contributed by atoms with Crippen molar-refractivity contribution < 1.29 is 4.79 Å². The summed E-state index contributed by atoms with van der Waals surface area (Å²) in [4.78, 5) is 35.4. The topological polar surface area (TPSA) is 74.8 Å². The highest BCUT2D eigenvalue weighted by Gasteiger charge is 2.19. The first-order chi connectivity index (χ1) is 13.6. The van der Waals surface area contributed by atoms with Gasteiger partial charge in [0, 0.05) is 21.9 Å². The van der Waals surface area contributed by atoms with E-state index < -0.39 is 0 Å². The minimum Gasteiger partial charge on any atom is -0.351 e. The number of hydrogen-bond acceptors (Lipinski definition) is 6. The van der Waals surface area contributed by atoms with Gasteiger partial charge in [0.05, 0.1) is 21.5 Å². The normalized spacial score (nSPS) is 13.6. The Hall–Kier alpha value is -1.16. The van der Waals surface area contributed by atoms with Gasteiger partial charge >= 0.3 is 0 Å². The number of aromatic nitrogens is 2. The zero-order valence-electron chi connectivity index (χ0n) is 15.2. The third-order valence-corrected chi connectivity index (χ3v) is 8.45. The van der Waals surface area contributed by atoms with E-state index >= 15 is 0 Å². The minimum atomic E-state index is -0.0140. The second kappa shape index (κ2) is 9.11. The number of carbonyl (C=O) groups excluding carboxylic acids is 1. The number of thioether (sulfide) groups is 1. The monoisotopic (exact) mass is 497 g/mol. The highest BCUT2D eigenvalue weighted by atomic mass is 79.9. The number of aromatic amines is 1. The van der Waals surface area contributed by atoms with Gasteiger partial charge in [-0.25, -0.2) is 4.98 Å². The van der Waals surface area contributed by atoms with Crippen LogP contribution in [0.5, 0.6) is 0 Å². The smallest absolute Gasteiger partial charge is 0.259 e. The third kappa shape index (κ3) is 4.69. The first-order valence-corrected chi connectivity index (χ1v) is 12.8. The maximum Gasteiger partial charge on any atom is 0.259 e. The van der Waals surface area contributed by atoms with Crippen LogP contribution in [-0.4, -0.2) is 21.6 Å². The highest BCUT2D eigenvalue weighted by molar-refractivity contribution is 9.11. The van der Waals surface area contributed by atoms with Gasteiger partial charge in [0.2, 0.25) is 5.91 Å². The molecule has 3 aromatic heterocycles. The van der Waals surface area contributed by atoms with Gasteiger partial charge in [0.25, 0.3) is 5.56 Å². The van der Waals surface area contributed by atoms with E-state index in [1.165, 1.54) is 16.9 Å². The molecule has 0 atom stereocenters. The second-order valence-corrected chi connectivity index (χ2v) is 11.4. The van der Waals surface area contributed by atoms with Crippen molar-refractivity contribution in [3.8, 4) is 0 Å². The number of nitrogens with one attached hydrogen (secondary N) is 2. The van der Waals surface area contributed by atoms with Gasteiger partial charge in [-0.05, 0) is 59.3 Å². The molecule has 1 aliphatic rings. The first-order valence-electron chi connectivity index (χ1n) is 9.22. The molecule has 1 amide bonds. The van der Waals surface area contributed by atoms with Crippen molar-refractivity contribution in [2.24, 2.45) is 0 Å². The molecule has 2 N–H and O–H groups in total. The van der Waals surface area contributed by atoms with Crippen LogP contribution in [0.1, 0.15) is 40.4 Å². The molecule has 4 rings (SSSR count). The zero-order chi connectivity index (χ0) is 19.5. The Kier molecular flexibility index (Phi) is 6.55. The fourth-order valence-corrected chi connectivity index (χ4v) is 6.84. The van der Waals surface area contributed by atoms with E-state index in [-0.39, 0.29) is 11.5 Å². The number of aryl methyl sites for hydroxylation is 2. The standard InChI is InChI=1S/C19H20BrN3O2S3/c20-14-6-5-11(27-14)9-21-16(24)7-8-26-10-15-22-18(25)17-12-3-1-2-4-13(12)28-19(17)23-15/h5-6H,1-4,7-10H2,(H,21,24)(H,22,23,25). The molecule has 0 spiro atoms. The van der Waals surface area contributed by atoms with Crippen LogP contribution in [0.15, 0.2) is 20.7 Å². The van der Waals surface area contributed by atoms with Crippen LogP contribution in [0.25, 0.3) is 10.2 Å². The summed E-state index contributed by atoms with van der Waals surface area (Å²) in [7, 11) is 0. The fraction of sp³-hybridized carbons (Fsp3) is 0.421. The minimum absolute atomic E-state index is 0.0140. The molecule has 0 aromatic carbocycles. The van der Waals surface area contributed by atoms with Crippen molar-refractivity contribution in [3.05, 3.63) is 47.4 Å². The lowest BCUT2D eigenvalue weighted by Crippen LogP contribution is -2.22. The molecule has 1 aliphatic carbocycles. The predicted molar refractivity (Wildman–Crippen MR) is 122 cm³/mol. The van der Waals surface area contributed by atoms with E-state index in [1.54, 1.807) is 34.4 Å². The number of H-pyrrole nitrogens is 1. The molecule has 0 fully saturated rings. The van der Waals surface area contributed by atoms with E-state index in [2.05, 4.69) is 31.2 Å². The molecule has 148 valence electrons. The zero-order valence-corrected chi connectivity index (χ0v) is 19.2. The second-order valence-electron chi connectivity index (χ2n) is 6.69. The molecule has 9 heteroatoms. The Morgan fingerprint density at radius 2 is 2.14 bits per heavy atom. The van der Waals surface area contributed by atoms with Crippen LogP contribution in [0.4, 0.5) is 0 Å². The van der Waals surface area contributed by atoms with Crippen molar-refractivity contribution in [1.29, 1.82) is 0 Å². The number of rotatable bonds is 7. The Labute approximate surface area is 183 Å². The molecular formula is C19H20BrN3O2S3. The van der Waals surface area contributed by atoms with Crippen molar-refractivity contribution in [1.82, 2.24) is 15.3 Å². The van der Waals surface area contributed by atoms with Gasteiger partial charge in [0.1, 0.15) is 10.7 Å². The summed E-state index contributed by atoms with van der Waals surface area (Å²) in [5.74, 6) is 2.05. The van der Waals surface area contributed by atoms with Crippen LogP contribution in [0.2, 0.25) is 0 Å². The summed E-state index contributed by atoms with van der Waals surface area (Å²) in [6, 6.07) is 3.99. The van der Waals surface area contributed by atoms with Crippen LogP contribution >= 0.6 is 50.4 Å². The summed E-state index contributed by atoms with van der Waals surface area (Å²) < 4.78 is 1.07. The number of hydrogen-bond donors (Lipinski definition) is 2. The lowest BCUT2D eigenvalue weighted by Gasteiger charge is -2.09. The predicted octanol–water partition coefficient (Wildman–Crippen LogP) is 4.63. The Morgan fingerprint density at radius 1 is 1.29 bits per heavy atom. The number of halogens is 1. The number of carbonyl (C=O) groups is 1. The maximum absolute atomic E-state index is 12.5. The Bertz CT molecular complexity index is 1060. The maximum atomic E-state index is 12.5. The van der Waals surface area contributed by atoms with Crippen molar-refractivity contribution >= 4 is 66.5 Å². The lowest BCUT2D eigenvalue weighted by molar-refractivity contribution is -0.120. The number of fused-ring (bicyclic) bond motifs is 3. The van der Waals surface area contributed by atoms with Gasteiger partial charge in [-0.2, -0.15) is 11.8 Å². The molecule has 0 saturated heterocycles. The summed E-state index contributed by atoms with van der Waals surface area (Å²) in [6.45, 7) is 0.564. The van der Waals surface area contributed by atoms with Gasteiger partial charge in [-0.15, -0.1) is 22.7 Å². The molecule has 0 aliphatic heterocycles. The van der Waals surface area contributed by atoms with E-state index in [9.17, 15) is 9.59 Å². The SMILES string of the molecule is O=C(CCSCc1nc2sc3c(c2c(=O)[nH]1)CCCC3)NCc1ccc(Br)s1. The quantitative estimate of drug-likeness (QED) is 0.466. The Morgan fingerprint density at radius 3 is 2.96 bits per heavy atom. The van der Waals surface area contributed by atoms with E-state index in [0.717, 1.165) is 38.1 Å². The van der Waals surface area contributed by atoms with Crippen molar-refractivity contribution in [2.75, 3.05) is 5.75 Å². The van der Waals surface area contributed by atoms with Crippen LogP contribution < -0.4 is 10.9 Å². The molecule has 5 nitrogen and oxygen atoms in total. The van der Waals surface area contributed by atoms with Gasteiger partial charge in [-0.1, -0.05) is 0 Å². The lowest BCUT2D eigenvalue weighted by atomic mass is 9.97. The summed E-state index contributed by atoms with van der Waals surface area (Å²) in [5, 5.41) is 3.74. The highest BCUT2D eigenvalue weighted by Crippen LogP contribution is 2.33. The molecule has 0 radical (unpaired) electrons. The summed E-state index contributed by atoms with van der Waals surface area (Å²) in [5.41, 5.74) is 1.20.